The first-order valence-electron chi connectivity index (χ1n) is 8.99. The summed E-state index contributed by atoms with van der Waals surface area (Å²) in [6, 6.07) is 13.0. The van der Waals surface area contributed by atoms with Crippen molar-refractivity contribution in [2.45, 2.75) is 5.54 Å². The number of likely N-dealkylation sites (N-methyl/N-ethyl adjacent to an activating group) is 1. The molecule has 8 nitrogen and oxygen atoms in total. The van der Waals surface area contributed by atoms with E-state index in [4.69, 9.17) is 15.2 Å². The molecule has 3 heterocycles. The van der Waals surface area contributed by atoms with Gasteiger partial charge in [-0.1, -0.05) is 24.3 Å². The van der Waals surface area contributed by atoms with Gasteiger partial charge in [-0.3, -0.25) is 9.69 Å². The van der Waals surface area contributed by atoms with Gasteiger partial charge in [0.05, 0.1) is 0 Å². The Labute approximate surface area is 166 Å². The molecule has 8 heteroatoms. The van der Waals surface area contributed by atoms with Gasteiger partial charge in [0.2, 0.25) is 6.79 Å². The molecule has 0 aliphatic carbocycles. The largest absolute Gasteiger partial charge is 0.454 e. The number of nitrogens with two attached hydrogens (primary N) is 1. The van der Waals surface area contributed by atoms with E-state index in [9.17, 15) is 4.79 Å². The number of carbonyl (C=O) groups is 1. The molecule has 0 radical (unpaired) electrons. The van der Waals surface area contributed by atoms with Gasteiger partial charge in [-0.15, -0.1) is 0 Å². The van der Waals surface area contributed by atoms with Gasteiger partial charge in [0.25, 0.3) is 5.91 Å². The molecule has 0 spiro atoms. The Morgan fingerprint density at radius 2 is 1.76 bits per heavy atom. The Morgan fingerprint density at radius 1 is 1.00 bits per heavy atom. The number of amides is 1. The number of aliphatic imine (C=N–C) groups is 1. The van der Waals surface area contributed by atoms with Gasteiger partial charge in [0.15, 0.2) is 23.0 Å². The maximum atomic E-state index is 13.4. The van der Waals surface area contributed by atoms with Gasteiger partial charge in [-0.2, -0.15) is 0 Å². The highest BCUT2D eigenvalue weighted by molar-refractivity contribution is 6.09. The molecule has 2 aliphatic heterocycles. The van der Waals surface area contributed by atoms with Crippen LogP contribution in [0.4, 0.5) is 0 Å². The number of hydrogen-bond donors (Lipinski definition) is 1. The van der Waals surface area contributed by atoms with Gasteiger partial charge >= 0.3 is 0 Å². The standard InChI is InChI=1S/C21H17N5O3/c1-26-19(27)21(25-20(26)22,16-5-6-17-18(8-16)29-12-28-17)15-4-2-3-13(7-15)14-9-23-11-24-10-14/h2-11H,12H2,1H3,(H2,22,25). The fourth-order valence-corrected chi connectivity index (χ4v) is 3.68. The molecule has 1 unspecified atom stereocenters. The topological polar surface area (TPSA) is 103 Å². The van der Waals surface area contributed by atoms with Crippen molar-refractivity contribution >= 4 is 11.9 Å². The average Bonchev–Trinajstić information content (AvgIpc) is 3.33. The lowest BCUT2D eigenvalue weighted by Gasteiger charge is -2.26. The van der Waals surface area contributed by atoms with Crippen LogP contribution in [0.1, 0.15) is 11.1 Å². The number of hydrogen-bond acceptors (Lipinski definition) is 7. The Morgan fingerprint density at radius 3 is 2.52 bits per heavy atom. The summed E-state index contributed by atoms with van der Waals surface area (Å²) in [7, 11) is 1.62. The Bertz CT molecular complexity index is 1150. The van der Waals surface area contributed by atoms with Crippen LogP contribution in [-0.4, -0.2) is 40.6 Å². The number of guanidine groups is 1. The van der Waals surface area contributed by atoms with Crippen molar-refractivity contribution in [2.75, 3.05) is 13.8 Å². The first kappa shape index (κ1) is 17.2. The monoisotopic (exact) mass is 387 g/mol. The summed E-state index contributed by atoms with van der Waals surface area (Å²) in [6.07, 6.45) is 4.92. The molecule has 0 bridgehead atoms. The minimum atomic E-state index is -1.31. The minimum absolute atomic E-state index is 0.147. The average molecular weight is 387 g/mol. The van der Waals surface area contributed by atoms with Gasteiger partial charge in [0.1, 0.15) is 6.33 Å². The molecule has 1 atom stereocenters. The second-order valence-electron chi connectivity index (χ2n) is 6.82. The van der Waals surface area contributed by atoms with Crippen molar-refractivity contribution in [2.24, 2.45) is 10.7 Å². The summed E-state index contributed by atoms with van der Waals surface area (Å²) in [5.74, 6) is 1.12. The lowest BCUT2D eigenvalue weighted by atomic mass is 9.81. The molecule has 0 fully saturated rings. The Hall–Kier alpha value is -3.94. The predicted molar refractivity (Wildman–Crippen MR) is 105 cm³/mol. The zero-order chi connectivity index (χ0) is 20.0. The van der Waals surface area contributed by atoms with E-state index in [1.165, 1.54) is 11.2 Å². The van der Waals surface area contributed by atoms with Crippen molar-refractivity contribution in [1.82, 2.24) is 14.9 Å². The zero-order valence-electron chi connectivity index (χ0n) is 15.6. The second-order valence-corrected chi connectivity index (χ2v) is 6.82. The molecular formula is C21H17N5O3. The summed E-state index contributed by atoms with van der Waals surface area (Å²) in [5.41, 5.74) is 7.80. The van der Waals surface area contributed by atoms with Gasteiger partial charge in [-0.05, 0) is 34.9 Å². The van der Waals surface area contributed by atoms with E-state index in [0.29, 0.717) is 22.6 Å². The second kappa shape index (κ2) is 6.30. The molecule has 1 aromatic heterocycles. The minimum Gasteiger partial charge on any atom is -0.454 e. The summed E-state index contributed by atoms with van der Waals surface area (Å²) in [4.78, 5) is 27.6. The van der Waals surface area contributed by atoms with Crippen LogP contribution >= 0.6 is 0 Å². The quantitative estimate of drug-likeness (QED) is 0.736. The van der Waals surface area contributed by atoms with E-state index in [-0.39, 0.29) is 18.7 Å². The number of carbonyl (C=O) groups excluding carboxylic acids is 1. The molecule has 0 saturated carbocycles. The van der Waals surface area contributed by atoms with E-state index in [0.717, 1.165) is 11.1 Å². The van der Waals surface area contributed by atoms with Gasteiger partial charge in [0, 0.05) is 25.0 Å². The SMILES string of the molecule is CN1C(=O)C(c2cccc(-c3cncnc3)c2)(c2ccc3c(c2)OCO3)N=C1N. The fraction of sp³-hybridized carbons (Fsp3) is 0.143. The van der Waals surface area contributed by atoms with Crippen molar-refractivity contribution in [3.8, 4) is 22.6 Å². The van der Waals surface area contributed by atoms with E-state index in [2.05, 4.69) is 15.0 Å². The van der Waals surface area contributed by atoms with Crippen LogP contribution in [-0.2, 0) is 10.3 Å². The highest BCUT2D eigenvalue weighted by Gasteiger charge is 2.50. The van der Waals surface area contributed by atoms with E-state index in [1.54, 1.807) is 31.6 Å². The Kier molecular flexibility index (Phi) is 3.73. The lowest BCUT2D eigenvalue weighted by Crippen LogP contribution is -2.41. The summed E-state index contributed by atoms with van der Waals surface area (Å²) in [5, 5.41) is 0. The summed E-state index contributed by atoms with van der Waals surface area (Å²) >= 11 is 0. The highest BCUT2D eigenvalue weighted by Crippen LogP contribution is 2.44. The molecular weight excluding hydrogens is 370 g/mol. The molecule has 0 saturated heterocycles. The maximum Gasteiger partial charge on any atom is 0.266 e. The maximum absolute atomic E-state index is 13.4. The molecule has 2 N–H and O–H groups in total. The third-order valence-electron chi connectivity index (χ3n) is 5.20. The first-order chi connectivity index (χ1) is 14.1. The third kappa shape index (κ3) is 2.53. The van der Waals surface area contributed by atoms with Crippen LogP contribution in [0.25, 0.3) is 11.1 Å². The van der Waals surface area contributed by atoms with Crippen LogP contribution < -0.4 is 15.2 Å². The smallest absolute Gasteiger partial charge is 0.266 e. The number of ether oxygens (including phenoxy) is 2. The number of aromatic nitrogens is 2. The number of fused-ring (bicyclic) bond motifs is 1. The predicted octanol–water partition coefficient (Wildman–Crippen LogP) is 1.90. The van der Waals surface area contributed by atoms with Crippen LogP contribution in [0.2, 0.25) is 0 Å². The molecule has 5 rings (SSSR count). The number of rotatable bonds is 3. The fourth-order valence-electron chi connectivity index (χ4n) is 3.68. The molecule has 29 heavy (non-hydrogen) atoms. The van der Waals surface area contributed by atoms with Crippen molar-refractivity contribution in [1.29, 1.82) is 0 Å². The van der Waals surface area contributed by atoms with Crippen molar-refractivity contribution in [3.63, 3.8) is 0 Å². The van der Waals surface area contributed by atoms with Crippen LogP contribution in [0.15, 0.2) is 66.2 Å². The van der Waals surface area contributed by atoms with Gasteiger partial charge in [-0.25, -0.2) is 15.0 Å². The Balaban J connectivity index is 1.72. The third-order valence-corrected chi connectivity index (χ3v) is 5.20. The van der Waals surface area contributed by atoms with E-state index < -0.39 is 5.54 Å². The molecule has 144 valence electrons. The number of nitrogens with zero attached hydrogens (tertiary/aromatic N) is 4. The van der Waals surface area contributed by atoms with Crippen molar-refractivity contribution in [3.05, 3.63) is 72.3 Å². The van der Waals surface area contributed by atoms with Crippen molar-refractivity contribution < 1.29 is 14.3 Å². The molecule has 2 aliphatic rings. The molecule has 1 amide bonds. The molecule has 3 aromatic rings. The highest BCUT2D eigenvalue weighted by atomic mass is 16.7. The number of benzene rings is 2. The molecule has 2 aromatic carbocycles. The first-order valence-corrected chi connectivity index (χ1v) is 8.99. The lowest BCUT2D eigenvalue weighted by molar-refractivity contribution is -0.129. The van der Waals surface area contributed by atoms with Gasteiger partial charge < -0.3 is 15.2 Å². The van der Waals surface area contributed by atoms with E-state index >= 15 is 0 Å². The van der Waals surface area contributed by atoms with Crippen LogP contribution in [0.5, 0.6) is 11.5 Å². The van der Waals surface area contributed by atoms with E-state index in [1.807, 2.05) is 30.3 Å². The summed E-state index contributed by atoms with van der Waals surface area (Å²) < 4.78 is 10.9. The normalized spacial score (nSPS) is 20.1. The van der Waals surface area contributed by atoms with Crippen LogP contribution in [0, 0.1) is 0 Å². The zero-order valence-corrected chi connectivity index (χ0v) is 15.6. The summed E-state index contributed by atoms with van der Waals surface area (Å²) in [6.45, 7) is 0.147. The van der Waals surface area contributed by atoms with Crippen LogP contribution in [0.3, 0.4) is 0 Å².